The van der Waals surface area contributed by atoms with Gasteiger partial charge in [0.1, 0.15) is 0 Å². The number of amidine groups is 1. The molecule has 1 heterocycles. The van der Waals surface area contributed by atoms with Gasteiger partial charge in [0, 0.05) is 19.9 Å². The summed E-state index contributed by atoms with van der Waals surface area (Å²) in [5.74, 6) is -0.331. The second-order valence-electron chi connectivity index (χ2n) is 3.08. The molecule has 1 aliphatic rings. The molecular formula is C8H13N3O3. The Morgan fingerprint density at radius 2 is 2.43 bits per heavy atom. The molecule has 0 aliphatic carbocycles. The third-order valence-electron chi connectivity index (χ3n) is 1.82. The van der Waals surface area contributed by atoms with E-state index in [2.05, 4.69) is 9.99 Å². The number of rotatable bonds is 3. The zero-order valence-electron chi connectivity index (χ0n) is 8.02. The molecule has 0 aromatic rings. The van der Waals surface area contributed by atoms with E-state index in [4.69, 9.17) is 5.73 Å². The Bertz CT molecular complexity index is 275. The molecule has 1 aliphatic heterocycles. The van der Waals surface area contributed by atoms with Crippen LogP contribution in [-0.2, 0) is 14.4 Å². The van der Waals surface area contributed by atoms with Crippen molar-refractivity contribution in [3.63, 3.8) is 0 Å². The maximum Gasteiger partial charge on any atom is 0.332 e. The van der Waals surface area contributed by atoms with Crippen LogP contribution in [0.4, 0.5) is 0 Å². The van der Waals surface area contributed by atoms with Gasteiger partial charge < -0.3 is 15.5 Å². The van der Waals surface area contributed by atoms with Crippen molar-refractivity contribution in [2.24, 2.45) is 10.9 Å². The molecule has 78 valence electrons. The van der Waals surface area contributed by atoms with Crippen molar-refractivity contribution >= 4 is 17.7 Å². The summed E-state index contributed by atoms with van der Waals surface area (Å²) in [7, 11) is 0. The molecule has 0 radical (unpaired) electrons. The van der Waals surface area contributed by atoms with Crippen LogP contribution in [0.3, 0.4) is 0 Å². The second-order valence-corrected chi connectivity index (χ2v) is 3.08. The first-order valence-electron chi connectivity index (χ1n) is 4.37. The number of nitrogens with zero attached hydrogens (tertiary/aromatic N) is 2. The summed E-state index contributed by atoms with van der Waals surface area (Å²) in [6.07, 6.45) is 1.40. The van der Waals surface area contributed by atoms with Gasteiger partial charge in [-0.25, -0.2) is 4.79 Å². The van der Waals surface area contributed by atoms with Gasteiger partial charge in [-0.3, -0.25) is 4.79 Å². The van der Waals surface area contributed by atoms with Crippen LogP contribution in [0.1, 0.15) is 19.8 Å². The maximum absolute atomic E-state index is 11.2. The lowest BCUT2D eigenvalue weighted by Crippen LogP contribution is -2.34. The summed E-state index contributed by atoms with van der Waals surface area (Å²) >= 11 is 0. The number of carbonyl (C=O) groups excluding carboxylic acids is 2. The lowest BCUT2D eigenvalue weighted by atomic mass is 10.4. The zero-order chi connectivity index (χ0) is 10.6. The number of oxime groups is 1. The third-order valence-corrected chi connectivity index (χ3v) is 1.82. The summed E-state index contributed by atoms with van der Waals surface area (Å²) in [5, 5.41) is 3.37. The molecule has 0 unspecified atom stereocenters. The van der Waals surface area contributed by atoms with E-state index in [1.807, 2.05) is 0 Å². The first-order valence-corrected chi connectivity index (χ1v) is 4.37. The zero-order valence-corrected chi connectivity index (χ0v) is 8.02. The van der Waals surface area contributed by atoms with E-state index in [0.29, 0.717) is 13.0 Å². The molecule has 6 heteroatoms. The van der Waals surface area contributed by atoms with E-state index in [-0.39, 0.29) is 18.3 Å². The highest BCUT2D eigenvalue weighted by Gasteiger charge is 2.20. The van der Waals surface area contributed by atoms with Crippen LogP contribution in [0, 0.1) is 0 Å². The molecular weight excluding hydrogens is 186 g/mol. The molecule has 1 saturated heterocycles. The Balaban J connectivity index is 2.39. The van der Waals surface area contributed by atoms with Crippen LogP contribution < -0.4 is 5.73 Å². The molecule has 1 fully saturated rings. The number of nitrogens with two attached hydrogens (primary N) is 1. The fraction of sp³-hybridized carbons (Fsp3) is 0.625. The first kappa shape index (κ1) is 10.5. The highest BCUT2D eigenvalue weighted by Crippen LogP contribution is 2.08. The number of hydrogen-bond donors (Lipinski definition) is 1. The minimum Gasteiger partial charge on any atom is -0.383 e. The summed E-state index contributed by atoms with van der Waals surface area (Å²) in [4.78, 5) is 27.5. The van der Waals surface area contributed by atoms with Crippen molar-refractivity contribution in [3.05, 3.63) is 0 Å². The van der Waals surface area contributed by atoms with Crippen molar-refractivity contribution in [1.29, 1.82) is 0 Å². The third kappa shape index (κ3) is 3.04. The Kier molecular flexibility index (Phi) is 3.44. The molecule has 0 spiro atoms. The van der Waals surface area contributed by atoms with Crippen LogP contribution >= 0.6 is 0 Å². The van der Waals surface area contributed by atoms with Gasteiger partial charge in [0.2, 0.25) is 5.91 Å². The highest BCUT2D eigenvalue weighted by molar-refractivity contribution is 5.88. The molecule has 2 N–H and O–H groups in total. The van der Waals surface area contributed by atoms with Gasteiger partial charge in [0.15, 0.2) is 5.84 Å². The number of carbonyl (C=O) groups is 2. The van der Waals surface area contributed by atoms with Crippen molar-refractivity contribution in [3.8, 4) is 0 Å². The van der Waals surface area contributed by atoms with Crippen molar-refractivity contribution in [2.75, 3.05) is 13.1 Å². The fourth-order valence-electron chi connectivity index (χ4n) is 1.22. The summed E-state index contributed by atoms with van der Waals surface area (Å²) < 4.78 is 0. The van der Waals surface area contributed by atoms with Crippen LogP contribution in [0.15, 0.2) is 5.16 Å². The largest absolute Gasteiger partial charge is 0.383 e. The fourth-order valence-corrected chi connectivity index (χ4v) is 1.22. The summed E-state index contributed by atoms with van der Waals surface area (Å²) in [6, 6.07) is 0. The average molecular weight is 199 g/mol. The van der Waals surface area contributed by atoms with Gasteiger partial charge in [-0.2, -0.15) is 0 Å². The monoisotopic (exact) mass is 199 g/mol. The highest BCUT2D eigenvalue weighted by atomic mass is 16.7. The second kappa shape index (κ2) is 4.59. The van der Waals surface area contributed by atoms with E-state index < -0.39 is 5.97 Å². The van der Waals surface area contributed by atoms with E-state index in [9.17, 15) is 9.59 Å². The predicted octanol–water partition coefficient (Wildman–Crippen LogP) is -0.556. The standard InChI is InChI=1S/C8H13N3O3/c1-6(12)14-10-7(9)5-11-4-2-3-8(11)13/h2-5H2,1H3,(H2,9,10). The average Bonchev–Trinajstić information content (AvgIpc) is 2.49. The molecule has 14 heavy (non-hydrogen) atoms. The van der Waals surface area contributed by atoms with E-state index in [1.54, 1.807) is 4.90 Å². The number of hydrogen-bond acceptors (Lipinski definition) is 4. The summed E-state index contributed by atoms with van der Waals surface area (Å²) in [5.41, 5.74) is 5.44. The van der Waals surface area contributed by atoms with Crippen molar-refractivity contribution in [1.82, 2.24) is 4.90 Å². The van der Waals surface area contributed by atoms with Crippen molar-refractivity contribution in [2.45, 2.75) is 19.8 Å². The molecule has 1 rings (SSSR count). The Labute approximate surface area is 81.7 Å². The predicted molar refractivity (Wildman–Crippen MR) is 49.2 cm³/mol. The number of likely N-dealkylation sites (tertiary alicyclic amines) is 1. The Hall–Kier alpha value is -1.59. The molecule has 6 nitrogen and oxygen atoms in total. The van der Waals surface area contributed by atoms with Crippen LogP contribution in [0.5, 0.6) is 0 Å². The van der Waals surface area contributed by atoms with Crippen LogP contribution in [0.25, 0.3) is 0 Å². The topological polar surface area (TPSA) is 85.0 Å². The Morgan fingerprint density at radius 3 is 2.93 bits per heavy atom. The Morgan fingerprint density at radius 1 is 1.71 bits per heavy atom. The normalized spacial score (nSPS) is 17.4. The lowest BCUT2D eigenvalue weighted by Gasteiger charge is -2.13. The number of amides is 1. The maximum atomic E-state index is 11.2. The summed E-state index contributed by atoms with van der Waals surface area (Å²) in [6.45, 7) is 2.15. The molecule has 1 amide bonds. The molecule has 0 aromatic carbocycles. The van der Waals surface area contributed by atoms with Crippen LogP contribution in [-0.4, -0.2) is 35.7 Å². The quantitative estimate of drug-likeness (QED) is 0.286. The van der Waals surface area contributed by atoms with Gasteiger partial charge in [-0.15, -0.1) is 0 Å². The van der Waals surface area contributed by atoms with Gasteiger partial charge in [-0.05, 0) is 6.42 Å². The van der Waals surface area contributed by atoms with Gasteiger partial charge in [-0.1, -0.05) is 5.16 Å². The van der Waals surface area contributed by atoms with E-state index in [1.165, 1.54) is 6.92 Å². The molecule has 0 saturated carbocycles. The molecule has 0 atom stereocenters. The van der Waals surface area contributed by atoms with Gasteiger partial charge in [0.25, 0.3) is 0 Å². The van der Waals surface area contributed by atoms with E-state index >= 15 is 0 Å². The minimum absolute atomic E-state index is 0.0611. The van der Waals surface area contributed by atoms with Gasteiger partial charge >= 0.3 is 5.97 Å². The van der Waals surface area contributed by atoms with Crippen molar-refractivity contribution < 1.29 is 14.4 Å². The SMILES string of the molecule is CC(=O)O/N=C(\N)CN1CCCC1=O. The van der Waals surface area contributed by atoms with Crippen LogP contribution in [0.2, 0.25) is 0 Å². The minimum atomic E-state index is -0.527. The molecule has 0 aromatic heterocycles. The molecule has 0 bridgehead atoms. The van der Waals surface area contributed by atoms with Gasteiger partial charge in [0.05, 0.1) is 6.54 Å². The smallest absolute Gasteiger partial charge is 0.332 e. The van der Waals surface area contributed by atoms with E-state index in [0.717, 1.165) is 6.42 Å². The first-order chi connectivity index (χ1) is 6.59. The lowest BCUT2D eigenvalue weighted by molar-refractivity contribution is -0.140.